The summed E-state index contributed by atoms with van der Waals surface area (Å²) in [6.45, 7) is 0. The van der Waals surface area contributed by atoms with Crippen molar-refractivity contribution in [2.45, 2.75) is 0 Å². The highest BCUT2D eigenvalue weighted by atomic mass is 79.9. The Morgan fingerprint density at radius 2 is 2.12 bits per heavy atom. The number of aromatic nitrogens is 2. The maximum atomic E-state index is 13.5. The van der Waals surface area contributed by atoms with Gasteiger partial charge in [0.05, 0.1) is 19.5 Å². The lowest BCUT2D eigenvalue weighted by Gasteiger charge is -2.04. The number of ether oxygens (including phenoxy) is 1. The first kappa shape index (κ1) is 11.1. The molecule has 2 rings (SSSR count). The second-order valence-corrected chi connectivity index (χ2v) is 3.96. The van der Waals surface area contributed by atoms with Crippen LogP contribution in [0.15, 0.2) is 29.0 Å². The number of benzene rings is 1. The molecule has 3 nitrogen and oxygen atoms in total. The van der Waals surface area contributed by atoms with E-state index in [0.29, 0.717) is 10.2 Å². The topological polar surface area (TPSA) is 27.1 Å². The quantitative estimate of drug-likeness (QED) is 0.795. The smallest absolute Gasteiger partial charge is 0.184 e. The zero-order valence-corrected chi connectivity index (χ0v) is 9.83. The zero-order chi connectivity index (χ0) is 11.7. The highest BCUT2D eigenvalue weighted by Gasteiger charge is 2.12. The van der Waals surface area contributed by atoms with E-state index in [2.05, 4.69) is 21.0 Å². The zero-order valence-electron chi connectivity index (χ0n) is 8.25. The minimum atomic E-state index is -0.950. The molecule has 84 valence electrons. The average Bonchev–Trinajstić information content (AvgIpc) is 2.71. The van der Waals surface area contributed by atoms with Crippen LogP contribution >= 0.6 is 15.9 Å². The number of rotatable bonds is 2. The third kappa shape index (κ3) is 1.92. The highest BCUT2D eigenvalue weighted by molar-refractivity contribution is 9.10. The largest absolute Gasteiger partial charge is 0.493 e. The van der Waals surface area contributed by atoms with Crippen molar-refractivity contribution in [3.8, 4) is 11.4 Å². The van der Waals surface area contributed by atoms with Crippen molar-refractivity contribution in [1.29, 1.82) is 0 Å². The molecule has 0 saturated heterocycles. The van der Waals surface area contributed by atoms with Gasteiger partial charge in [-0.25, -0.2) is 13.5 Å². The third-order valence-electron chi connectivity index (χ3n) is 2.02. The SMILES string of the molecule is COc1cnn(-c2cc(Br)cc(F)c2F)c1. The fourth-order valence-corrected chi connectivity index (χ4v) is 1.67. The Balaban J connectivity index is 2.54. The van der Waals surface area contributed by atoms with Crippen LogP contribution in [0, 0.1) is 11.6 Å². The molecule has 0 bridgehead atoms. The molecule has 1 aromatic carbocycles. The molecule has 1 aromatic heterocycles. The van der Waals surface area contributed by atoms with Crippen molar-refractivity contribution in [2.24, 2.45) is 0 Å². The van der Waals surface area contributed by atoms with Gasteiger partial charge < -0.3 is 4.74 Å². The van der Waals surface area contributed by atoms with Gasteiger partial charge in [0.2, 0.25) is 0 Å². The minimum absolute atomic E-state index is 0.0233. The van der Waals surface area contributed by atoms with Gasteiger partial charge in [-0.05, 0) is 12.1 Å². The summed E-state index contributed by atoms with van der Waals surface area (Å²) in [7, 11) is 1.47. The summed E-state index contributed by atoms with van der Waals surface area (Å²) in [6, 6.07) is 2.49. The Kier molecular flexibility index (Phi) is 2.91. The van der Waals surface area contributed by atoms with Gasteiger partial charge >= 0.3 is 0 Å². The van der Waals surface area contributed by atoms with Crippen molar-refractivity contribution in [3.05, 3.63) is 40.6 Å². The molecule has 0 saturated carbocycles. The number of nitrogens with zero attached hydrogens (tertiary/aromatic N) is 2. The molecule has 0 unspecified atom stereocenters. The van der Waals surface area contributed by atoms with Crippen LogP contribution in [0.3, 0.4) is 0 Å². The molecule has 0 spiro atoms. The maximum Gasteiger partial charge on any atom is 0.184 e. The number of halogens is 3. The lowest BCUT2D eigenvalue weighted by Crippen LogP contribution is -2.00. The molecule has 16 heavy (non-hydrogen) atoms. The standard InChI is InChI=1S/C10H7BrF2N2O/c1-16-7-4-14-15(5-7)9-3-6(11)2-8(12)10(9)13/h2-5H,1H3. The predicted molar refractivity (Wildman–Crippen MR) is 57.7 cm³/mol. The van der Waals surface area contributed by atoms with Crippen molar-refractivity contribution in [2.75, 3.05) is 7.11 Å². The Bertz CT molecular complexity index is 528. The second-order valence-electron chi connectivity index (χ2n) is 3.05. The minimum Gasteiger partial charge on any atom is -0.493 e. The van der Waals surface area contributed by atoms with E-state index < -0.39 is 11.6 Å². The van der Waals surface area contributed by atoms with Gasteiger partial charge in [0.15, 0.2) is 17.4 Å². The van der Waals surface area contributed by atoms with Crippen molar-refractivity contribution >= 4 is 15.9 Å². The molecule has 0 aliphatic heterocycles. The number of methoxy groups -OCH3 is 1. The van der Waals surface area contributed by atoms with E-state index in [4.69, 9.17) is 4.74 Å². The van der Waals surface area contributed by atoms with Crippen LogP contribution < -0.4 is 4.74 Å². The molecule has 0 amide bonds. The van der Waals surface area contributed by atoms with Crippen LogP contribution in [0.25, 0.3) is 5.69 Å². The molecule has 0 radical (unpaired) electrons. The Hall–Kier alpha value is -1.43. The summed E-state index contributed by atoms with van der Waals surface area (Å²) in [5, 5.41) is 3.86. The average molecular weight is 289 g/mol. The van der Waals surface area contributed by atoms with E-state index in [1.807, 2.05) is 0 Å². The fraction of sp³-hybridized carbons (Fsp3) is 0.100. The molecule has 0 aliphatic carbocycles. The van der Waals surface area contributed by atoms with E-state index >= 15 is 0 Å². The van der Waals surface area contributed by atoms with Crippen molar-refractivity contribution in [3.63, 3.8) is 0 Å². The third-order valence-corrected chi connectivity index (χ3v) is 2.47. The van der Waals surface area contributed by atoms with Crippen LogP contribution in [-0.4, -0.2) is 16.9 Å². The van der Waals surface area contributed by atoms with Gasteiger partial charge in [0, 0.05) is 4.47 Å². The molecular weight excluding hydrogens is 282 g/mol. The number of hydrogen-bond donors (Lipinski definition) is 0. The molecular formula is C10H7BrF2N2O. The summed E-state index contributed by atoms with van der Waals surface area (Å²) in [5.74, 6) is -1.41. The summed E-state index contributed by atoms with van der Waals surface area (Å²) in [5.41, 5.74) is 0.0233. The normalized spacial score (nSPS) is 10.5. The van der Waals surface area contributed by atoms with Gasteiger partial charge in [-0.15, -0.1) is 0 Å². The van der Waals surface area contributed by atoms with Gasteiger partial charge in [0.25, 0.3) is 0 Å². The lowest BCUT2D eigenvalue weighted by molar-refractivity contribution is 0.414. The van der Waals surface area contributed by atoms with Gasteiger partial charge in [-0.2, -0.15) is 5.10 Å². The molecule has 1 heterocycles. The van der Waals surface area contributed by atoms with Crippen LogP contribution in [0.5, 0.6) is 5.75 Å². The molecule has 0 N–H and O–H groups in total. The maximum absolute atomic E-state index is 13.5. The van der Waals surface area contributed by atoms with E-state index in [1.54, 1.807) is 0 Å². The van der Waals surface area contributed by atoms with Crippen LogP contribution in [0.4, 0.5) is 8.78 Å². The summed E-state index contributed by atoms with van der Waals surface area (Å²) >= 11 is 3.09. The Labute approximate surface area is 98.8 Å². The predicted octanol–water partition coefficient (Wildman–Crippen LogP) is 2.92. The molecule has 0 atom stereocenters. The molecule has 6 heteroatoms. The van der Waals surface area contributed by atoms with Crippen molar-refractivity contribution in [1.82, 2.24) is 9.78 Å². The number of hydrogen-bond acceptors (Lipinski definition) is 2. The van der Waals surface area contributed by atoms with E-state index in [9.17, 15) is 8.78 Å². The summed E-state index contributed by atoms with van der Waals surface area (Å²) in [4.78, 5) is 0. The Morgan fingerprint density at radius 1 is 1.38 bits per heavy atom. The lowest BCUT2D eigenvalue weighted by atomic mass is 10.3. The summed E-state index contributed by atoms with van der Waals surface area (Å²) < 4.78 is 33.2. The van der Waals surface area contributed by atoms with Crippen LogP contribution in [0.1, 0.15) is 0 Å². The first-order valence-corrected chi connectivity index (χ1v) is 5.14. The van der Waals surface area contributed by atoms with Crippen LogP contribution in [0.2, 0.25) is 0 Å². The monoisotopic (exact) mass is 288 g/mol. The fourth-order valence-electron chi connectivity index (χ4n) is 1.25. The molecule has 0 aliphatic rings. The van der Waals surface area contributed by atoms with E-state index in [0.717, 1.165) is 6.07 Å². The van der Waals surface area contributed by atoms with Gasteiger partial charge in [-0.3, -0.25) is 0 Å². The van der Waals surface area contributed by atoms with Gasteiger partial charge in [-0.1, -0.05) is 15.9 Å². The first-order valence-electron chi connectivity index (χ1n) is 4.35. The Morgan fingerprint density at radius 3 is 2.75 bits per heavy atom. The van der Waals surface area contributed by atoms with Crippen molar-refractivity contribution < 1.29 is 13.5 Å². The highest BCUT2D eigenvalue weighted by Crippen LogP contribution is 2.23. The van der Waals surface area contributed by atoms with E-state index in [-0.39, 0.29) is 5.69 Å². The molecule has 2 aromatic rings. The second kappa shape index (κ2) is 4.21. The van der Waals surface area contributed by atoms with E-state index in [1.165, 1.54) is 30.3 Å². The first-order chi connectivity index (χ1) is 7.61. The van der Waals surface area contributed by atoms with Crippen LogP contribution in [-0.2, 0) is 0 Å². The summed E-state index contributed by atoms with van der Waals surface area (Å²) in [6.07, 6.45) is 2.88. The van der Waals surface area contributed by atoms with Gasteiger partial charge in [0.1, 0.15) is 5.69 Å². The molecule has 0 fully saturated rings.